The first kappa shape index (κ1) is 19.7. The third-order valence-corrected chi connectivity index (χ3v) is 5.44. The van der Waals surface area contributed by atoms with Crippen molar-refractivity contribution in [1.29, 1.82) is 0 Å². The highest BCUT2D eigenvalue weighted by Gasteiger charge is 2.13. The second kappa shape index (κ2) is 9.28. The number of rotatable bonds is 7. The number of imidazole rings is 1. The summed E-state index contributed by atoms with van der Waals surface area (Å²) in [6.45, 7) is 0.677. The number of nitrogens with one attached hydrogen (secondary N) is 1. The second-order valence-corrected chi connectivity index (χ2v) is 7.54. The topological polar surface area (TPSA) is 79.5 Å². The predicted octanol–water partition coefficient (Wildman–Crippen LogP) is 4.03. The van der Waals surface area contributed by atoms with Crippen molar-refractivity contribution < 1.29 is 9.90 Å². The van der Waals surface area contributed by atoms with Gasteiger partial charge in [0.05, 0.1) is 29.5 Å². The Balaban J connectivity index is 1.45. The molecule has 150 valence electrons. The molecule has 4 aromatic rings. The van der Waals surface area contributed by atoms with E-state index in [2.05, 4.69) is 27.2 Å². The number of hydrogen-bond acceptors (Lipinski definition) is 5. The van der Waals surface area contributed by atoms with Crippen molar-refractivity contribution in [3.05, 3.63) is 90.0 Å². The molecule has 2 N–H and O–H groups in total. The molecule has 30 heavy (non-hydrogen) atoms. The van der Waals surface area contributed by atoms with Gasteiger partial charge in [-0.3, -0.25) is 4.79 Å². The molecule has 0 aliphatic rings. The van der Waals surface area contributed by atoms with Gasteiger partial charge in [0.15, 0.2) is 5.16 Å². The van der Waals surface area contributed by atoms with Crippen LogP contribution in [0.25, 0.3) is 11.0 Å². The Morgan fingerprint density at radius 2 is 1.77 bits per heavy atom. The van der Waals surface area contributed by atoms with E-state index in [4.69, 9.17) is 4.98 Å². The summed E-state index contributed by atoms with van der Waals surface area (Å²) in [7, 11) is 0. The predicted molar refractivity (Wildman–Crippen MR) is 120 cm³/mol. The van der Waals surface area contributed by atoms with Crippen LogP contribution in [0, 0.1) is 0 Å². The summed E-state index contributed by atoms with van der Waals surface area (Å²) < 4.78 is 2.12. The van der Waals surface area contributed by atoms with Crippen molar-refractivity contribution in [2.75, 3.05) is 5.75 Å². The first-order chi connectivity index (χ1) is 14.7. The zero-order valence-electron chi connectivity index (χ0n) is 16.1. The molecule has 0 spiro atoms. The number of nitrogens with zero attached hydrogens (tertiary/aromatic N) is 3. The van der Waals surface area contributed by atoms with Crippen molar-refractivity contribution >= 4 is 34.9 Å². The Kier molecular flexibility index (Phi) is 6.10. The van der Waals surface area contributed by atoms with Crippen molar-refractivity contribution in [2.24, 2.45) is 5.10 Å². The van der Waals surface area contributed by atoms with Gasteiger partial charge in [-0.1, -0.05) is 66.4 Å². The van der Waals surface area contributed by atoms with Gasteiger partial charge in [-0.2, -0.15) is 5.10 Å². The number of phenols is 1. The summed E-state index contributed by atoms with van der Waals surface area (Å²) in [5.74, 6) is 0.0421. The number of amides is 1. The van der Waals surface area contributed by atoms with Gasteiger partial charge in [0.1, 0.15) is 5.75 Å². The van der Waals surface area contributed by atoms with E-state index in [1.165, 1.54) is 23.5 Å². The largest absolute Gasteiger partial charge is 0.507 e. The van der Waals surface area contributed by atoms with Gasteiger partial charge in [-0.25, -0.2) is 10.4 Å². The second-order valence-electron chi connectivity index (χ2n) is 6.60. The average molecular weight is 417 g/mol. The Morgan fingerprint density at radius 3 is 2.60 bits per heavy atom. The Bertz CT molecular complexity index is 1190. The number of carbonyl (C=O) groups is 1. The maximum atomic E-state index is 12.2. The highest BCUT2D eigenvalue weighted by atomic mass is 32.2. The molecule has 0 aliphatic heterocycles. The highest BCUT2D eigenvalue weighted by molar-refractivity contribution is 7.99. The number of aromatic nitrogens is 2. The minimum Gasteiger partial charge on any atom is -0.507 e. The van der Waals surface area contributed by atoms with Crippen LogP contribution in [0.3, 0.4) is 0 Å². The number of phenolic OH excluding ortho intramolecular Hbond substituents is 1. The van der Waals surface area contributed by atoms with Gasteiger partial charge in [0.2, 0.25) is 0 Å². The molecule has 0 atom stereocenters. The lowest BCUT2D eigenvalue weighted by Crippen LogP contribution is -2.20. The zero-order chi connectivity index (χ0) is 20.8. The fourth-order valence-corrected chi connectivity index (χ4v) is 3.82. The fourth-order valence-electron chi connectivity index (χ4n) is 3.02. The molecule has 4 rings (SSSR count). The summed E-state index contributed by atoms with van der Waals surface area (Å²) in [6, 6.07) is 24.9. The number of hydrogen-bond donors (Lipinski definition) is 2. The van der Waals surface area contributed by atoms with Gasteiger partial charge >= 0.3 is 0 Å². The molecule has 1 heterocycles. The zero-order valence-corrected chi connectivity index (χ0v) is 16.9. The standard InChI is InChI=1S/C23H20N4O2S/c28-21-13-7-4-10-18(21)14-24-26-22(29)16-30-23-25-19-11-5-6-12-20(19)27(23)15-17-8-2-1-3-9-17/h1-14,28H,15-16H2,(H,26,29)/b24-14-. The normalized spacial score (nSPS) is 11.2. The highest BCUT2D eigenvalue weighted by Crippen LogP contribution is 2.25. The van der Waals surface area contributed by atoms with Crippen LogP contribution in [0.15, 0.2) is 89.1 Å². The Labute approximate surface area is 178 Å². The first-order valence-corrected chi connectivity index (χ1v) is 10.4. The van der Waals surface area contributed by atoms with Gasteiger partial charge in [0.25, 0.3) is 5.91 Å². The number of hydrazone groups is 1. The lowest BCUT2D eigenvalue weighted by molar-refractivity contribution is -0.118. The van der Waals surface area contributed by atoms with E-state index in [0.717, 1.165) is 16.2 Å². The quantitative estimate of drug-likeness (QED) is 0.271. The van der Waals surface area contributed by atoms with Crippen LogP contribution in [-0.4, -0.2) is 32.5 Å². The van der Waals surface area contributed by atoms with Crippen LogP contribution >= 0.6 is 11.8 Å². The van der Waals surface area contributed by atoms with Crippen LogP contribution in [0.2, 0.25) is 0 Å². The number of fused-ring (bicyclic) bond motifs is 1. The molecule has 0 aliphatic carbocycles. The molecule has 7 heteroatoms. The van der Waals surface area contributed by atoms with E-state index in [1.54, 1.807) is 24.3 Å². The summed E-state index contributed by atoms with van der Waals surface area (Å²) in [5, 5.41) is 14.4. The summed E-state index contributed by atoms with van der Waals surface area (Å²) in [6.07, 6.45) is 1.42. The van der Waals surface area contributed by atoms with Crippen LogP contribution < -0.4 is 5.43 Å². The minimum absolute atomic E-state index is 0.111. The molecule has 1 amide bonds. The first-order valence-electron chi connectivity index (χ1n) is 9.42. The number of carbonyl (C=O) groups excluding carboxylic acids is 1. The van der Waals surface area contributed by atoms with Gasteiger partial charge < -0.3 is 9.67 Å². The molecule has 6 nitrogen and oxygen atoms in total. The summed E-state index contributed by atoms with van der Waals surface area (Å²) >= 11 is 1.37. The molecule has 0 radical (unpaired) electrons. The molecule has 0 saturated carbocycles. The molecular weight excluding hydrogens is 396 g/mol. The summed E-state index contributed by atoms with van der Waals surface area (Å²) in [5.41, 5.74) is 6.12. The van der Waals surface area contributed by atoms with Gasteiger partial charge in [0, 0.05) is 5.56 Å². The van der Waals surface area contributed by atoms with E-state index in [0.29, 0.717) is 12.1 Å². The number of para-hydroxylation sites is 3. The third kappa shape index (κ3) is 4.69. The molecule has 3 aromatic carbocycles. The lowest BCUT2D eigenvalue weighted by Gasteiger charge is -2.09. The van der Waals surface area contributed by atoms with Crippen LogP contribution in [0.4, 0.5) is 0 Å². The molecule has 0 bridgehead atoms. The van der Waals surface area contributed by atoms with E-state index in [9.17, 15) is 9.90 Å². The van der Waals surface area contributed by atoms with Gasteiger partial charge in [-0.15, -0.1) is 0 Å². The van der Waals surface area contributed by atoms with Crippen LogP contribution in [0.1, 0.15) is 11.1 Å². The third-order valence-electron chi connectivity index (χ3n) is 4.47. The van der Waals surface area contributed by atoms with E-state index < -0.39 is 0 Å². The van der Waals surface area contributed by atoms with Crippen LogP contribution in [0.5, 0.6) is 5.75 Å². The van der Waals surface area contributed by atoms with Crippen molar-refractivity contribution in [1.82, 2.24) is 15.0 Å². The van der Waals surface area contributed by atoms with Crippen molar-refractivity contribution in [3.8, 4) is 5.75 Å². The molecule has 1 aromatic heterocycles. The lowest BCUT2D eigenvalue weighted by atomic mass is 10.2. The molecule has 0 saturated heterocycles. The Hall–Kier alpha value is -3.58. The Morgan fingerprint density at radius 1 is 1.03 bits per heavy atom. The van der Waals surface area contributed by atoms with E-state index >= 15 is 0 Å². The van der Waals surface area contributed by atoms with E-state index in [-0.39, 0.29) is 17.4 Å². The maximum absolute atomic E-state index is 12.2. The molecular formula is C23H20N4O2S. The van der Waals surface area contributed by atoms with E-state index in [1.807, 2.05) is 42.5 Å². The number of aromatic hydroxyl groups is 1. The molecule has 0 unspecified atom stereocenters. The number of thioether (sulfide) groups is 1. The molecule has 0 fully saturated rings. The summed E-state index contributed by atoms with van der Waals surface area (Å²) in [4.78, 5) is 16.9. The smallest absolute Gasteiger partial charge is 0.250 e. The minimum atomic E-state index is -0.245. The monoisotopic (exact) mass is 416 g/mol. The maximum Gasteiger partial charge on any atom is 0.250 e. The number of benzene rings is 3. The SMILES string of the molecule is O=C(CSc1nc2ccccc2n1Cc1ccccc1)N/N=C\c1ccccc1O. The fraction of sp³-hybridized carbons (Fsp3) is 0.0870. The van der Waals surface area contributed by atoms with Crippen molar-refractivity contribution in [2.45, 2.75) is 11.7 Å². The average Bonchev–Trinajstić information content (AvgIpc) is 3.12. The van der Waals surface area contributed by atoms with Gasteiger partial charge in [-0.05, 0) is 29.8 Å². The van der Waals surface area contributed by atoms with Crippen molar-refractivity contribution in [3.63, 3.8) is 0 Å². The van der Waals surface area contributed by atoms with Crippen LogP contribution in [-0.2, 0) is 11.3 Å².